The van der Waals surface area contributed by atoms with Crippen molar-refractivity contribution in [3.63, 3.8) is 0 Å². The van der Waals surface area contributed by atoms with E-state index in [-0.39, 0.29) is 29.1 Å². The molecule has 0 radical (unpaired) electrons. The van der Waals surface area contributed by atoms with Crippen LogP contribution in [0.3, 0.4) is 0 Å². The van der Waals surface area contributed by atoms with E-state index < -0.39 is 5.97 Å². The molecule has 1 aromatic carbocycles. The van der Waals surface area contributed by atoms with E-state index in [1.807, 2.05) is 6.92 Å². The average Bonchev–Trinajstić information content (AvgIpc) is 2.73. The van der Waals surface area contributed by atoms with Crippen LogP contribution in [0.25, 0.3) is 0 Å². The zero-order valence-electron chi connectivity index (χ0n) is 19.9. The summed E-state index contributed by atoms with van der Waals surface area (Å²) in [4.78, 5) is 19.6. The summed E-state index contributed by atoms with van der Waals surface area (Å²) in [5.41, 5.74) is 0.150. The standard InChI is InChI=1S/C18H18N2O5.C6H15N/c1-4-5-6-8-12-9-7-10-13(16(12)17(21)22)25-18-19-14(23-2)11-15(20-18)24-3;1-5(2)7-6(3)4/h7,9-11H,4-5H2,1-3H3,(H,21,22);5-7H,1-4H3. The molecule has 2 aromatic rings. The van der Waals surface area contributed by atoms with Crippen molar-refractivity contribution in [3.05, 3.63) is 35.4 Å². The summed E-state index contributed by atoms with van der Waals surface area (Å²) in [7, 11) is 2.87. The number of hydrogen-bond acceptors (Lipinski definition) is 7. The number of aromatic nitrogens is 2. The molecule has 2 rings (SSSR count). The monoisotopic (exact) mass is 443 g/mol. The Morgan fingerprint density at radius 3 is 2.12 bits per heavy atom. The molecular weight excluding hydrogens is 410 g/mol. The van der Waals surface area contributed by atoms with Gasteiger partial charge in [0.2, 0.25) is 11.8 Å². The number of nitrogens with zero attached hydrogens (tertiary/aromatic N) is 2. The van der Waals surface area contributed by atoms with Crippen molar-refractivity contribution in [1.82, 2.24) is 9.97 Å². The Morgan fingerprint density at radius 1 is 1.09 bits per heavy atom. The van der Waals surface area contributed by atoms with E-state index in [1.54, 1.807) is 12.1 Å². The van der Waals surface area contributed by atoms with Crippen LogP contribution in [0.1, 0.15) is 63.4 Å². The molecule has 32 heavy (non-hydrogen) atoms. The lowest BCUT2D eigenvalue weighted by Gasteiger charge is -2.13. The minimum atomic E-state index is -1.40. The van der Waals surface area contributed by atoms with Crippen LogP contribution in [0.2, 0.25) is 0 Å². The maximum absolute atomic E-state index is 11.6. The molecule has 0 aliphatic rings. The second-order valence-corrected chi connectivity index (χ2v) is 7.54. The molecular formula is C24H33N3O5. The van der Waals surface area contributed by atoms with Crippen LogP contribution in [-0.4, -0.2) is 42.2 Å². The lowest BCUT2D eigenvalue weighted by molar-refractivity contribution is -0.709. The highest BCUT2D eigenvalue weighted by molar-refractivity contribution is 5.92. The van der Waals surface area contributed by atoms with Gasteiger partial charge in [-0.15, -0.1) is 0 Å². The number of rotatable bonds is 8. The number of carbonyl (C=O) groups excluding carboxylic acids is 1. The Hall–Kier alpha value is -3.31. The molecule has 0 saturated carbocycles. The van der Waals surface area contributed by atoms with Gasteiger partial charge in [-0.1, -0.05) is 24.8 Å². The molecule has 0 bridgehead atoms. The van der Waals surface area contributed by atoms with Crippen LogP contribution in [0, 0.1) is 11.8 Å². The number of unbranched alkanes of at least 4 members (excludes halogenated alkanes) is 1. The number of methoxy groups -OCH3 is 2. The summed E-state index contributed by atoms with van der Waals surface area (Å²) in [5.74, 6) is 4.80. The van der Waals surface area contributed by atoms with Gasteiger partial charge in [-0.05, 0) is 46.2 Å². The average molecular weight is 444 g/mol. The van der Waals surface area contributed by atoms with Gasteiger partial charge in [0.15, 0.2) is 0 Å². The Balaban J connectivity index is 0.000000633. The zero-order valence-corrected chi connectivity index (χ0v) is 19.9. The third-order valence-electron chi connectivity index (χ3n) is 3.88. The molecule has 0 aliphatic carbocycles. The van der Waals surface area contributed by atoms with Gasteiger partial charge in [-0.2, -0.15) is 9.97 Å². The first kappa shape index (κ1) is 26.7. The van der Waals surface area contributed by atoms with E-state index in [9.17, 15) is 9.90 Å². The first-order chi connectivity index (χ1) is 15.2. The Kier molecular flexibility index (Phi) is 11.6. The lowest BCUT2D eigenvalue weighted by Crippen LogP contribution is -2.92. The molecule has 0 fully saturated rings. The normalized spacial score (nSPS) is 10.0. The van der Waals surface area contributed by atoms with E-state index in [0.717, 1.165) is 18.5 Å². The van der Waals surface area contributed by atoms with Crippen LogP contribution in [-0.2, 0) is 0 Å². The molecule has 8 nitrogen and oxygen atoms in total. The van der Waals surface area contributed by atoms with Crippen molar-refractivity contribution in [2.75, 3.05) is 14.2 Å². The number of carboxylic acids is 1. The van der Waals surface area contributed by atoms with Crippen LogP contribution in [0.4, 0.5) is 0 Å². The number of benzene rings is 1. The topological polar surface area (TPSA) is 110 Å². The largest absolute Gasteiger partial charge is 0.545 e. The van der Waals surface area contributed by atoms with Gasteiger partial charge in [0.05, 0.1) is 43.9 Å². The van der Waals surface area contributed by atoms with Gasteiger partial charge in [0.1, 0.15) is 5.75 Å². The van der Waals surface area contributed by atoms with Gasteiger partial charge in [-0.3, -0.25) is 0 Å². The predicted octanol–water partition coefficient (Wildman–Crippen LogP) is 2.17. The predicted molar refractivity (Wildman–Crippen MR) is 120 cm³/mol. The van der Waals surface area contributed by atoms with Gasteiger partial charge >= 0.3 is 6.01 Å². The minimum absolute atomic E-state index is 0.0265. The SMILES string of the molecule is CC(C)[NH2+]C(C)C.CCCC#Cc1cccc(Oc2nc(OC)cc(OC)n2)c1C(=O)[O-]. The van der Waals surface area contributed by atoms with Crippen LogP contribution >= 0.6 is 0 Å². The second kappa shape index (κ2) is 13.9. The number of ether oxygens (including phenoxy) is 3. The van der Waals surface area contributed by atoms with Crippen molar-refractivity contribution < 1.29 is 29.4 Å². The van der Waals surface area contributed by atoms with E-state index in [4.69, 9.17) is 14.2 Å². The van der Waals surface area contributed by atoms with Crippen molar-refractivity contribution >= 4 is 5.97 Å². The number of nitrogens with two attached hydrogens (primary N) is 1. The molecule has 0 unspecified atom stereocenters. The molecule has 8 heteroatoms. The fraction of sp³-hybridized carbons (Fsp3) is 0.458. The van der Waals surface area contributed by atoms with Gasteiger partial charge in [-0.25, -0.2) is 0 Å². The minimum Gasteiger partial charge on any atom is -0.545 e. The Morgan fingerprint density at radius 2 is 1.69 bits per heavy atom. The maximum atomic E-state index is 11.6. The first-order valence-corrected chi connectivity index (χ1v) is 10.5. The van der Waals surface area contributed by atoms with E-state index in [2.05, 4.69) is 54.8 Å². The number of aromatic carboxylic acids is 1. The smallest absolute Gasteiger partial charge is 0.328 e. The molecule has 1 heterocycles. The highest BCUT2D eigenvalue weighted by Crippen LogP contribution is 2.28. The van der Waals surface area contributed by atoms with Crippen LogP contribution < -0.4 is 24.6 Å². The van der Waals surface area contributed by atoms with Crippen LogP contribution in [0.15, 0.2) is 24.3 Å². The first-order valence-electron chi connectivity index (χ1n) is 10.5. The molecule has 0 atom stereocenters. The fourth-order valence-electron chi connectivity index (χ4n) is 2.72. The molecule has 1 aromatic heterocycles. The second-order valence-electron chi connectivity index (χ2n) is 7.54. The van der Waals surface area contributed by atoms with Gasteiger partial charge < -0.3 is 29.4 Å². The molecule has 0 amide bonds. The summed E-state index contributed by atoms with van der Waals surface area (Å²) in [6.45, 7) is 10.8. The lowest BCUT2D eigenvalue weighted by atomic mass is 10.1. The number of quaternary nitrogens is 1. The van der Waals surface area contributed by atoms with Gasteiger partial charge in [0.25, 0.3) is 0 Å². The molecule has 0 saturated heterocycles. The third-order valence-corrected chi connectivity index (χ3v) is 3.88. The summed E-state index contributed by atoms with van der Waals surface area (Å²) < 4.78 is 15.6. The van der Waals surface area contributed by atoms with E-state index >= 15 is 0 Å². The number of carbonyl (C=O) groups is 1. The Labute approximate surface area is 190 Å². The quantitative estimate of drug-likeness (QED) is 0.623. The number of carboxylic acid groups (broad SMARTS) is 1. The Bertz CT molecular complexity index is 905. The third kappa shape index (κ3) is 9.23. The summed E-state index contributed by atoms with van der Waals surface area (Å²) >= 11 is 0. The fourth-order valence-corrected chi connectivity index (χ4v) is 2.72. The molecule has 0 spiro atoms. The number of hydrogen-bond donors (Lipinski definition) is 1. The molecule has 0 aliphatic heterocycles. The molecule has 174 valence electrons. The summed E-state index contributed by atoms with van der Waals surface area (Å²) in [6, 6.07) is 7.56. The molecule has 2 N–H and O–H groups in total. The van der Waals surface area contributed by atoms with Crippen molar-refractivity contribution in [2.24, 2.45) is 0 Å². The van der Waals surface area contributed by atoms with Gasteiger partial charge in [0, 0.05) is 12.0 Å². The van der Waals surface area contributed by atoms with E-state index in [0.29, 0.717) is 12.0 Å². The summed E-state index contributed by atoms with van der Waals surface area (Å²) in [6.07, 6.45) is 1.54. The zero-order chi connectivity index (χ0) is 24.1. The highest BCUT2D eigenvalue weighted by atomic mass is 16.5. The van der Waals surface area contributed by atoms with Crippen molar-refractivity contribution in [3.8, 4) is 35.4 Å². The van der Waals surface area contributed by atoms with E-state index in [1.165, 1.54) is 26.4 Å². The van der Waals surface area contributed by atoms with Crippen LogP contribution in [0.5, 0.6) is 23.5 Å². The van der Waals surface area contributed by atoms with Crippen molar-refractivity contribution in [2.45, 2.75) is 59.5 Å². The summed E-state index contributed by atoms with van der Waals surface area (Å²) in [5, 5.41) is 13.9. The van der Waals surface area contributed by atoms with Crippen molar-refractivity contribution in [1.29, 1.82) is 0 Å². The maximum Gasteiger partial charge on any atom is 0.328 e. The highest BCUT2D eigenvalue weighted by Gasteiger charge is 2.14.